The lowest BCUT2D eigenvalue weighted by Gasteiger charge is -2.17. The molecule has 0 saturated carbocycles. The van der Waals surface area contributed by atoms with E-state index in [0.717, 1.165) is 5.56 Å². The van der Waals surface area contributed by atoms with Crippen molar-refractivity contribution in [2.24, 2.45) is 0 Å². The van der Waals surface area contributed by atoms with E-state index in [1.807, 2.05) is 19.1 Å². The molecule has 0 amide bonds. The molecular weight excluding hydrogens is 271 g/mol. The number of ether oxygens (including phenoxy) is 1. The number of aliphatic hydroxyl groups is 1. The predicted molar refractivity (Wildman–Crippen MR) is 78.6 cm³/mol. The first-order valence-corrected chi connectivity index (χ1v) is 6.85. The molecule has 2 rings (SSSR count). The highest BCUT2D eigenvalue weighted by Crippen LogP contribution is 2.12. The van der Waals surface area contributed by atoms with E-state index in [0.29, 0.717) is 12.3 Å². The number of halogens is 1. The van der Waals surface area contributed by atoms with Gasteiger partial charge in [0.2, 0.25) is 0 Å². The van der Waals surface area contributed by atoms with Crippen molar-refractivity contribution in [3.05, 3.63) is 60.2 Å². The van der Waals surface area contributed by atoms with Crippen molar-refractivity contribution in [2.75, 3.05) is 13.2 Å². The molecule has 1 aromatic carbocycles. The summed E-state index contributed by atoms with van der Waals surface area (Å²) in [6.45, 7) is 2.56. The molecule has 0 aliphatic heterocycles. The van der Waals surface area contributed by atoms with Gasteiger partial charge in [-0.05, 0) is 42.8 Å². The van der Waals surface area contributed by atoms with Gasteiger partial charge in [-0.3, -0.25) is 4.98 Å². The maximum Gasteiger partial charge on any atom is 0.123 e. The Morgan fingerprint density at radius 3 is 2.71 bits per heavy atom. The van der Waals surface area contributed by atoms with Gasteiger partial charge in [0.15, 0.2) is 0 Å². The Labute approximate surface area is 123 Å². The van der Waals surface area contributed by atoms with Gasteiger partial charge in [-0.2, -0.15) is 0 Å². The van der Waals surface area contributed by atoms with Crippen LogP contribution in [0.5, 0.6) is 5.75 Å². The molecule has 0 bridgehead atoms. The van der Waals surface area contributed by atoms with Crippen molar-refractivity contribution in [1.82, 2.24) is 10.3 Å². The van der Waals surface area contributed by atoms with Gasteiger partial charge in [0, 0.05) is 25.0 Å². The normalized spacial score (nSPS) is 13.7. The fraction of sp³-hybridized carbons (Fsp3) is 0.312. The molecule has 0 fully saturated rings. The third-order valence-corrected chi connectivity index (χ3v) is 3.10. The second-order valence-electron chi connectivity index (χ2n) is 4.84. The van der Waals surface area contributed by atoms with Crippen molar-refractivity contribution in [1.29, 1.82) is 0 Å². The van der Waals surface area contributed by atoms with Crippen LogP contribution in [0.2, 0.25) is 0 Å². The van der Waals surface area contributed by atoms with Crippen LogP contribution in [0.1, 0.15) is 18.5 Å². The SMILES string of the molecule is C[C@@H](NCC(O)COc1ccc(F)cc1)c1cccnc1. The summed E-state index contributed by atoms with van der Waals surface area (Å²) in [6, 6.07) is 9.67. The molecule has 21 heavy (non-hydrogen) atoms. The fourth-order valence-electron chi connectivity index (χ4n) is 1.84. The van der Waals surface area contributed by atoms with Gasteiger partial charge in [0.1, 0.15) is 24.3 Å². The van der Waals surface area contributed by atoms with Crippen molar-refractivity contribution in [2.45, 2.75) is 19.1 Å². The minimum absolute atomic E-state index is 0.0965. The molecule has 0 radical (unpaired) electrons. The molecule has 0 aliphatic rings. The number of pyridine rings is 1. The van der Waals surface area contributed by atoms with Crippen LogP contribution >= 0.6 is 0 Å². The predicted octanol–water partition coefficient (Wildman–Crippen LogP) is 2.31. The third-order valence-electron chi connectivity index (χ3n) is 3.10. The van der Waals surface area contributed by atoms with Crippen LogP contribution in [-0.2, 0) is 0 Å². The molecule has 2 atom stereocenters. The highest BCUT2D eigenvalue weighted by molar-refractivity contribution is 5.22. The maximum absolute atomic E-state index is 12.7. The van der Waals surface area contributed by atoms with Gasteiger partial charge < -0.3 is 15.2 Å². The number of aliphatic hydroxyl groups excluding tert-OH is 1. The van der Waals surface area contributed by atoms with E-state index in [-0.39, 0.29) is 18.5 Å². The molecule has 5 heteroatoms. The minimum atomic E-state index is -0.644. The quantitative estimate of drug-likeness (QED) is 0.821. The van der Waals surface area contributed by atoms with Crippen molar-refractivity contribution < 1.29 is 14.2 Å². The summed E-state index contributed by atoms with van der Waals surface area (Å²) in [4.78, 5) is 4.06. The number of hydrogen-bond acceptors (Lipinski definition) is 4. The summed E-state index contributed by atoms with van der Waals surface area (Å²) in [5, 5.41) is 13.1. The van der Waals surface area contributed by atoms with Gasteiger partial charge in [0.25, 0.3) is 0 Å². The summed E-state index contributed by atoms with van der Waals surface area (Å²) in [7, 11) is 0. The second-order valence-corrected chi connectivity index (χ2v) is 4.84. The third kappa shape index (κ3) is 5.13. The molecule has 112 valence electrons. The zero-order valence-electron chi connectivity index (χ0n) is 11.9. The average molecular weight is 290 g/mol. The number of benzene rings is 1. The van der Waals surface area contributed by atoms with E-state index in [9.17, 15) is 9.50 Å². The van der Waals surface area contributed by atoms with Crippen molar-refractivity contribution in [3.63, 3.8) is 0 Å². The van der Waals surface area contributed by atoms with Crippen LogP contribution in [0.25, 0.3) is 0 Å². The van der Waals surface area contributed by atoms with E-state index in [1.54, 1.807) is 12.4 Å². The van der Waals surface area contributed by atoms with E-state index in [1.165, 1.54) is 24.3 Å². The van der Waals surface area contributed by atoms with Crippen molar-refractivity contribution >= 4 is 0 Å². The number of aromatic nitrogens is 1. The summed E-state index contributed by atoms with van der Waals surface area (Å²) < 4.78 is 18.1. The Hall–Kier alpha value is -1.98. The Balaban J connectivity index is 1.72. The summed E-state index contributed by atoms with van der Waals surface area (Å²) in [6.07, 6.45) is 2.87. The molecule has 0 saturated heterocycles. The van der Waals surface area contributed by atoms with Gasteiger partial charge in [-0.15, -0.1) is 0 Å². The monoisotopic (exact) mass is 290 g/mol. The lowest BCUT2D eigenvalue weighted by atomic mass is 10.1. The highest BCUT2D eigenvalue weighted by Gasteiger charge is 2.09. The molecule has 1 heterocycles. The smallest absolute Gasteiger partial charge is 0.123 e. The standard InChI is InChI=1S/C16H19FN2O2/c1-12(13-3-2-8-18-9-13)19-10-15(20)11-21-16-6-4-14(17)5-7-16/h2-9,12,15,19-20H,10-11H2,1H3/t12-,15?/m1/s1. The Morgan fingerprint density at radius 2 is 2.05 bits per heavy atom. The van der Waals surface area contributed by atoms with Crippen LogP contribution in [0.4, 0.5) is 4.39 Å². The summed E-state index contributed by atoms with van der Waals surface area (Å²) in [5.74, 6) is 0.227. The van der Waals surface area contributed by atoms with Gasteiger partial charge >= 0.3 is 0 Å². The molecule has 0 spiro atoms. The molecular formula is C16H19FN2O2. The van der Waals surface area contributed by atoms with Gasteiger partial charge in [-0.1, -0.05) is 6.07 Å². The number of rotatable bonds is 7. The minimum Gasteiger partial charge on any atom is -0.491 e. The zero-order chi connectivity index (χ0) is 15.1. The van der Waals surface area contributed by atoms with Crippen molar-refractivity contribution in [3.8, 4) is 5.75 Å². The lowest BCUT2D eigenvalue weighted by Crippen LogP contribution is -2.33. The Kier molecular flexibility index (Phi) is 5.66. The molecule has 4 nitrogen and oxygen atoms in total. The number of hydrogen-bond donors (Lipinski definition) is 2. The molecule has 2 aromatic rings. The van der Waals surface area contributed by atoms with Gasteiger partial charge in [-0.25, -0.2) is 4.39 Å². The number of nitrogens with one attached hydrogen (secondary N) is 1. The van der Waals surface area contributed by atoms with Crippen LogP contribution in [0.3, 0.4) is 0 Å². The lowest BCUT2D eigenvalue weighted by molar-refractivity contribution is 0.104. The second kappa shape index (κ2) is 7.71. The Morgan fingerprint density at radius 1 is 1.29 bits per heavy atom. The molecule has 2 N–H and O–H groups in total. The maximum atomic E-state index is 12.7. The average Bonchev–Trinajstić information content (AvgIpc) is 2.53. The van der Waals surface area contributed by atoms with E-state index >= 15 is 0 Å². The fourth-order valence-corrected chi connectivity index (χ4v) is 1.84. The van der Waals surface area contributed by atoms with Gasteiger partial charge in [0.05, 0.1) is 0 Å². The largest absolute Gasteiger partial charge is 0.491 e. The molecule has 1 aromatic heterocycles. The highest BCUT2D eigenvalue weighted by atomic mass is 19.1. The number of nitrogens with zero attached hydrogens (tertiary/aromatic N) is 1. The Bertz CT molecular complexity index is 534. The van der Waals surface area contributed by atoms with Crippen LogP contribution < -0.4 is 10.1 Å². The topological polar surface area (TPSA) is 54.4 Å². The summed E-state index contributed by atoms with van der Waals surface area (Å²) >= 11 is 0. The first-order valence-electron chi connectivity index (χ1n) is 6.85. The first-order chi connectivity index (χ1) is 10.1. The summed E-state index contributed by atoms with van der Waals surface area (Å²) in [5.41, 5.74) is 1.06. The van der Waals surface area contributed by atoms with Crippen LogP contribution in [0.15, 0.2) is 48.8 Å². The van der Waals surface area contributed by atoms with E-state index < -0.39 is 6.10 Å². The first kappa shape index (κ1) is 15.4. The van der Waals surface area contributed by atoms with Crippen LogP contribution in [0, 0.1) is 5.82 Å². The van der Waals surface area contributed by atoms with Crippen LogP contribution in [-0.4, -0.2) is 29.3 Å². The van der Waals surface area contributed by atoms with E-state index in [4.69, 9.17) is 4.74 Å². The molecule has 1 unspecified atom stereocenters. The van der Waals surface area contributed by atoms with E-state index in [2.05, 4.69) is 10.3 Å². The zero-order valence-corrected chi connectivity index (χ0v) is 11.9. The molecule has 0 aliphatic carbocycles.